The average molecular weight is 174 g/mol. The van der Waals surface area contributed by atoms with Crippen molar-refractivity contribution < 1.29 is 0 Å². The third-order valence-electron chi connectivity index (χ3n) is 1.85. The van der Waals surface area contributed by atoms with Crippen LogP contribution in [0.5, 0.6) is 0 Å². The molecule has 2 heteroatoms. The SMILES string of the molecule is C#CCCN[C@H](C)c1ccccn1. The van der Waals surface area contributed by atoms with E-state index in [2.05, 4.69) is 23.1 Å². The number of hydrogen-bond donors (Lipinski definition) is 1. The van der Waals surface area contributed by atoms with E-state index in [-0.39, 0.29) is 6.04 Å². The molecule has 1 aromatic heterocycles. The number of terminal acetylenes is 1. The Morgan fingerprint density at radius 3 is 3.08 bits per heavy atom. The van der Waals surface area contributed by atoms with E-state index < -0.39 is 0 Å². The number of aromatic nitrogens is 1. The summed E-state index contributed by atoms with van der Waals surface area (Å²) in [5.74, 6) is 2.59. The van der Waals surface area contributed by atoms with E-state index in [0.29, 0.717) is 0 Å². The summed E-state index contributed by atoms with van der Waals surface area (Å²) >= 11 is 0. The smallest absolute Gasteiger partial charge is 0.0570 e. The minimum absolute atomic E-state index is 0.273. The van der Waals surface area contributed by atoms with Gasteiger partial charge in [-0.25, -0.2) is 0 Å². The fourth-order valence-electron chi connectivity index (χ4n) is 1.10. The standard InChI is InChI=1S/C11H14N2/c1-3-4-8-12-10(2)11-7-5-6-9-13-11/h1,5-7,9-10,12H,4,8H2,2H3/t10-/m1/s1. The summed E-state index contributed by atoms with van der Waals surface area (Å²) in [7, 11) is 0. The van der Waals surface area contributed by atoms with Gasteiger partial charge in [0, 0.05) is 25.2 Å². The van der Waals surface area contributed by atoms with Crippen LogP contribution in [0.3, 0.4) is 0 Å². The summed E-state index contributed by atoms with van der Waals surface area (Å²) in [6, 6.07) is 6.18. The maximum Gasteiger partial charge on any atom is 0.0570 e. The van der Waals surface area contributed by atoms with Crippen LogP contribution >= 0.6 is 0 Å². The molecule has 1 rings (SSSR count). The molecule has 0 radical (unpaired) electrons. The van der Waals surface area contributed by atoms with Crippen LogP contribution in [0.4, 0.5) is 0 Å². The fourth-order valence-corrected chi connectivity index (χ4v) is 1.10. The molecular formula is C11H14N2. The largest absolute Gasteiger partial charge is 0.308 e. The van der Waals surface area contributed by atoms with Crippen LogP contribution in [0.25, 0.3) is 0 Å². The Hall–Kier alpha value is -1.33. The predicted molar refractivity (Wildman–Crippen MR) is 54.1 cm³/mol. The van der Waals surface area contributed by atoms with Crippen molar-refractivity contribution >= 4 is 0 Å². The zero-order valence-electron chi connectivity index (χ0n) is 7.83. The van der Waals surface area contributed by atoms with Crippen molar-refractivity contribution in [3.8, 4) is 12.3 Å². The minimum atomic E-state index is 0.273. The number of rotatable bonds is 4. The molecule has 0 aliphatic heterocycles. The molecule has 0 aliphatic rings. The van der Waals surface area contributed by atoms with Crippen LogP contribution in [0.15, 0.2) is 24.4 Å². The number of hydrogen-bond acceptors (Lipinski definition) is 2. The van der Waals surface area contributed by atoms with Crippen molar-refractivity contribution in [3.05, 3.63) is 30.1 Å². The first-order valence-electron chi connectivity index (χ1n) is 4.42. The first kappa shape index (κ1) is 9.76. The molecule has 0 unspecified atom stereocenters. The second-order valence-corrected chi connectivity index (χ2v) is 2.88. The molecule has 0 saturated heterocycles. The zero-order chi connectivity index (χ0) is 9.52. The zero-order valence-corrected chi connectivity index (χ0v) is 7.83. The quantitative estimate of drug-likeness (QED) is 0.555. The Kier molecular flexibility index (Phi) is 4.01. The average Bonchev–Trinajstić information content (AvgIpc) is 2.19. The molecule has 1 heterocycles. The van der Waals surface area contributed by atoms with Crippen molar-refractivity contribution in [2.75, 3.05) is 6.54 Å². The van der Waals surface area contributed by atoms with E-state index in [1.165, 1.54) is 0 Å². The van der Waals surface area contributed by atoms with Crippen LogP contribution < -0.4 is 5.32 Å². The summed E-state index contributed by atoms with van der Waals surface area (Å²) in [5.41, 5.74) is 1.06. The highest BCUT2D eigenvalue weighted by Gasteiger charge is 2.03. The lowest BCUT2D eigenvalue weighted by molar-refractivity contribution is 0.571. The van der Waals surface area contributed by atoms with Gasteiger partial charge in [-0.1, -0.05) is 6.07 Å². The van der Waals surface area contributed by atoms with Crippen LogP contribution in [0.1, 0.15) is 25.1 Å². The molecule has 0 spiro atoms. The molecule has 0 saturated carbocycles. The molecule has 1 N–H and O–H groups in total. The monoisotopic (exact) mass is 174 g/mol. The topological polar surface area (TPSA) is 24.9 Å². The van der Waals surface area contributed by atoms with Gasteiger partial charge in [-0.3, -0.25) is 4.98 Å². The van der Waals surface area contributed by atoms with Gasteiger partial charge in [-0.05, 0) is 19.1 Å². The van der Waals surface area contributed by atoms with Crippen LogP contribution in [-0.4, -0.2) is 11.5 Å². The van der Waals surface area contributed by atoms with Gasteiger partial charge in [0.2, 0.25) is 0 Å². The molecule has 0 aromatic carbocycles. The van der Waals surface area contributed by atoms with Crippen LogP contribution in [0.2, 0.25) is 0 Å². The van der Waals surface area contributed by atoms with Gasteiger partial charge in [0.25, 0.3) is 0 Å². The lowest BCUT2D eigenvalue weighted by Crippen LogP contribution is -2.20. The van der Waals surface area contributed by atoms with Crippen LogP contribution in [-0.2, 0) is 0 Å². The molecule has 68 valence electrons. The fraction of sp³-hybridized carbons (Fsp3) is 0.364. The maximum atomic E-state index is 5.15. The molecule has 13 heavy (non-hydrogen) atoms. The second-order valence-electron chi connectivity index (χ2n) is 2.88. The third kappa shape index (κ3) is 3.27. The number of pyridine rings is 1. The summed E-state index contributed by atoms with van der Waals surface area (Å²) in [5, 5.41) is 3.29. The van der Waals surface area contributed by atoms with E-state index in [0.717, 1.165) is 18.7 Å². The lowest BCUT2D eigenvalue weighted by Gasteiger charge is -2.11. The van der Waals surface area contributed by atoms with Gasteiger partial charge in [-0.15, -0.1) is 12.3 Å². The Balaban J connectivity index is 2.41. The second kappa shape index (κ2) is 5.34. The molecule has 2 nitrogen and oxygen atoms in total. The van der Waals surface area contributed by atoms with Gasteiger partial charge in [-0.2, -0.15) is 0 Å². The van der Waals surface area contributed by atoms with Gasteiger partial charge in [0.15, 0.2) is 0 Å². The molecule has 0 bridgehead atoms. The highest BCUT2D eigenvalue weighted by atomic mass is 14.9. The van der Waals surface area contributed by atoms with E-state index in [4.69, 9.17) is 6.42 Å². The van der Waals surface area contributed by atoms with Crippen LogP contribution in [0, 0.1) is 12.3 Å². The van der Waals surface area contributed by atoms with E-state index in [9.17, 15) is 0 Å². The molecule has 0 amide bonds. The van der Waals surface area contributed by atoms with Crippen molar-refractivity contribution in [2.24, 2.45) is 0 Å². The maximum absolute atomic E-state index is 5.15. The lowest BCUT2D eigenvalue weighted by atomic mass is 10.2. The third-order valence-corrected chi connectivity index (χ3v) is 1.85. The Labute approximate surface area is 79.4 Å². The van der Waals surface area contributed by atoms with Crippen molar-refractivity contribution in [3.63, 3.8) is 0 Å². The summed E-state index contributed by atoms with van der Waals surface area (Å²) in [6.07, 6.45) is 7.71. The summed E-state index contributed by atoms with van der Waals surface area (Å²) in [6.45, 7) is 2.92. The van der Waals surface area contributed by atoms with Gasteiger partial charge >= 0.3 is 0 Å². The van der Waals surface area contributed by atoms with Gasteiger partial charge in [0.05, 0.1) is 5.69 Å². The van der Waals surface area contributed by atoms with E-state index in [1.807, 2.05) is 18.2 Å². The van der Waals surface area contributed by atoms with E-state index >= 15 is 0 Å². The highest BCUT2D eigenvalue weighted by Crippen LogP contribution is 2.06. The van der Waals surface area contributed by atoms with E-state index in [1.54, 1.807) is 6.20 Å². The van der Waals surface area contributed by atoms with Crippen molar-refractivity contribution in [1.82, 2.24) is 10.3 Å². The summed E-state index contributed by atoms with van der Waals surface area (Å²) < 4.78 is 0. The Morgan fingerprint density at radius 1 is 1.62 bits per heavy atom. The molecular weight excluding hydrogens is 160 g/mol. The van der Waals surface area contributed by atoms with Gasteiger partial charge < -0.3 is 5.32 Å². The van der Waals surface area contributed by atoms with Crippen molar-refractivity contribution in [1.29, 1.82) is 0 Å². The number of nitrogens with one attached hydrogen (secondary N) is 1. The highest BCUT2D eigenvalue weighted by molar-refractivity contribution is 5.07. The van der Waals surface area contributed by atoms with Crippen molar-refractivity contribution in [2.45, 2.75) is 19.4 Å². The normalized spacial score (nSPS) is 12.0. The molecule has 1 atom stereocenters. The predicted octanol–water partition coefficient (Wildman–Crippen LogP) is 1.76. The Morgan fingerprint density at radius 2 is 2.46 bits per heavy atom. The summed E-state index contributed by atoms with van der Waals surface area (Å²) in [4.78, 5) is 4.24. The molecule has 1 aromatic rings. The van der Waals surface area contributed by atoms with Gasteiger partial charge in [0.1, 0.15) is 0 Å². The first-order valence-corrected chi connectivity index (χ1v) is 4.42. The molecule has 0 fully saturated rings. The Bertz CT molecular complexity index is 274. The molecule has 0 aliphatic carbocycles. The first-order chi connectivity index (χ1) is 6.34. The minimum Gasteiger partial charge on any atom is -0.308 e. The number of nitrogens with zero attached hydrogens (tertiary/aromatic N) is 1.